The second-order valence-electron chi connectivity index (χ2n) is 3.11. The number of hydrogen-bond donors (Lipinski definition) is 0. The van der Waals surface area contributed by atoms with Crippen molar-refractivity contribution in [2.24, 2.45) is 0 Å². The summed E-state index contributed by atoms with van der Waals surface area (Å²) in [7, 11) is 0. The lowest BCUT2D eigenvalue weighted by molar-refractivity contribution is 0.365. The van der Waals surface area contributed by atoms with Crippen molar-refractivity contribution in [2.45, 2.75) is 20.8 Å². The summed E-state index contributed by atoms with van der Waals surface area (Å²) >= 11 is 2.29. The molecule has 0 radical (unpaired) electrons. The van der Waals surface area contributed by atoms with Crippen LogP contribution in [0.4, 0.5) is 0 Å². The van der Waals surface area contributed by atoms with Gasteiger partial charge in [-0.25, -0.2) is 0 Å². The second-order valence-corrected chi connectivity index (χ2v) is 4.27. The summed E-state index contributed by atoms with van der Waals surface area (Å²) in [6.07, 6.45) is 0. The first-order valence-electron chi connectivity index (χ1n) is 4.44. The Kier molecular flexibility index (Phi) is 4.27. The molecule has 0 saturated carbocycles. The summed E-state index contributed by atoms with van der Waals surface area (Å²) in [4.78, 5) is 0. The summed E-state index contributed by atoms with van der Waals surface area (Å²) in [5.74, 6) is 6.66. The van der Waals surface area contributed by atoms with Gasteiger partial charge in [0.2, 0.25) is 0 Å². The maximum absolute atomic E-state index is 5.58. The number of ether oxygens (including phenoxy) is 1. The molecule has 0 atom stereocenters. The van der Waals surface area contributed by atoms with Crippen LogP contribution in [0.15, 0.2) is 12.1 Å². The van der Waals surface area contributed by atoms with Gasteiger partial charge in [0, 0.05) is 0 Å². The van der Waals surface area contributed by atoms with E-state index in [2.05, 4.69) is 60.4 Å². The van der Waals surface area contributed by atoms with Crippen molar-refractivity contribution in [1.82, 2.24) is 0 Å². The summed E-state index contributed by atoms with van der Waals surface area (Å²) in [6, 6.07) is 4.24. The molecule has 0 aromatic heterocycles. The molecular formula is C12H13IO. The summed E-state index contributed by atoms with van der Waals surface area (Å²) in [5, 5.41) is 0. The van der Waals surface area contributed by atoms with E-state index in [1.54, 1.807) is 0 Å². The highest BCUT2D eigenvalue weighted by molar-refractivity contribution is 14.1. The molecule has 2 heteroatoms. The molecular weight excluding hydrogens is 287 g/mol. The molecule has 0 fully saturated rings. The van der Waals surface area contributed by atoms with Crippen molar-refractivity contribution in [1.29, 1.82) is 0 Å². The Bertz CT molecular complexity index is 362. The normalized spacial score (nSPS) is 9.14. The highest BCUT2D eigenvalue weighted by Crippen LogP contribution is 2.26. The third-order valence-corrected chi connectivity index (χ3v) is 2.64. The first kappa shape index (κ1) is 11.4. The summed E-state index contributed by atoms with van der Waals surface area (Å²) < 4.78 is 6.73. The lowest BCUT2D eigenvalue weighted by Gasteiger charge is -2.09. The van der Waals surface area contributed by atoms with Crippen LogP contribution in [0.5, 0.6) is 5.75 Å². The van der Waals surface area contributed by atoms with Crippen LogP contribution in [0, 0.1) is 29.3 Å². The van der Waals surface area contributed by atoms with Gasteiger partial charge in [-0.1, -0.05) is 12.0 Å². The van der Waals surface area contributed by atoms with E-state index >= 15 is 0 Å². The van der Waals surface area contributed by atoms with E-state index in [4.69, 9.17) is 4.74 Å². The predicted molar refractivity (Wildman–Crippen MR) is 67.6 cm³/mol. The van der Waals surface area contributed by atoms with Crippen molar-refractivity contribution in [3.8, 4) is 17.6 Å². The van der Waals surface area contributed by atoms with Gasteiger partial charge in [-0.05, 0) is 60.6 Å². The predicted octanol–water partition coefficient (Wildman–Crippen LogP) is 3.31. The van der Waals surface area contributed by atoms with Crippen LogP contribution in [-0.2, 0) is 0 Å². The third kappa shape index (κ3) is 2.91. The van der Waals surface area contributed by atoms with Gasteiger partial charge >= 0.3 is 0 Å². The van der Waals surface area contributed by atoms with Crippen LogP contribution in [0.25, 0.3) is 0 Å². The van der Waals surface area contributed by atoms with Gasteiger partial charge in [0.05, 0.1) is 3.57 Å². The summed E-state index contributed by atoms with van der Waals surface area (Å²) in [5.41, 5.74) is 2.44. The van der Waals surface area contributed by atoms with Crippen LogP contribution in [0.3, 0.4) is 0 Å². The Morgan fingerprint density at radius 3 is 2.64 bits per heavy atom. The lowest BCUT2D eigenvalue weighted by Crippen LogP contribution is -1.98. The number of aryl methyl sites for hydroxylation is 2. The minimum absolute atomic E-state index is 0.469. The molecule has 0 aliphatic heterocycles. The van der Waals surface area contributed by atoms with E-state index in [0.717, 1.165) is 9.32 Å². The zero-order valence-electron chi connectivity index (χ0n) is 8.65. The number of halogens is 1. The van der Waals surface area contributed by atoms with Crippen LogP contribution in [0.2, 0.25) is 0 Å². The van der Waals surface area contributed by atoms with E-state index in [0.29, 0.717) is 6.61 Å². The topological polar surface area (TPSA) is 9.23 Å². The Balaban J connectivity index is 2.89. The van der Waals surface area contributed by atoms with Gasteiger partial charge in [0.25, 0.3) is 0 Å². The smallest absolute Gasteiger partial charge is 0.149 e. The first-order chi connectivity index (χ1) is 6.65. The molecule has 1 nitrogen and oxygen atoms in total. The fraction of sp³-hybridized carbons (Fsp3) is 0.333. The summed E-state index contributed by atoms with van der Waals surface area (Å²) in [6.45, 7) is 6.43. The monoisotopic (exact) mass is 300 g/mol. The Morgan fingerprint density at radius 2 is 2.07 bits per heavy atom. The Hall–Kier alpha value is -0.690. The zero-order chi connectivity index (χ0) is 10.6. The van der Waals surface area contributed by atoms with Crippen molar-refractivity contribution in [3.05, 3.63) is 26.8 Å². The molecule has 0 N–H and O–H groups in total. The van der Waals surface area contributed by atoms with E-state index in [1.807, 2.05) is 6.92 Å². The number of hydrogen-bond acceptors (Lipinski definition) is 1. The largest absolute Gasteiger partial charge is 0.480 e. The highest BCUT2D eigenvalue weighted by atomic mass is 127. The van der Waals surface area contributed by atoms with Crippen molar-refractivity contribution in [2.75, 3.05) is 6.61 Å². The molecule has 14 heavy (non-hydrogen) atoms. The minimum atomic E-state index is 0.469. The molecule has 0 saturated heterocycles. The molecule has 0 bridgehead atoms. The molecule has 74 valence electrons. The van der Waals surface area contributed by atoms with E-state index in [-0.39, 0.29) is 0 Å². The lowest BCUT2D eigenvalue weighted by atomic mass is 10.1. The fourth-order valence-electron chi connectivity index (χ4n) is 1.27. The van der Waals surface area contributed by atoms with Crippen LogP contribution in [-0.4, -0.2) is 6.61 Å². The van der Waals surface area contributed by atoms with Crippen LogP contribution in [0.1, 0.15) is 18.1 Å². The maximum Gasteiger partial charge on any atom is 0.149 e. The molecule has 0 aliphatic carbocycles. The average molecular weight is 300 g/mol. The van der Waals surface area contributed by atoms with Crippen LogP contribution >= 0.6 is 22.6 Å². The molecule has 1 aromatic rings. The Labute approximate surface area is 99.0 Å². The Morgan fingerprint density at radius 1 is 1.36 bits per heavy atom. The second kappa shape index (κ2) is 5.26. The van der Waals surface area contributed by atoms with Crippen LogP contribution < -0.4 is 4.74 Å². The molecule has 1 aromatic carbocycles. The van der Waals surface area contributed by atoms with Crippen molar-refractivity contribution < 1.29 is 4.74 Å². The quantitative estimate of drug-likeness (QED) is 0.601. The first-order valence-corrected chi connectivity index (χ1v) is 5.52. The van der Waals surface area contributed by atoms with E-state index in [1.165, 1.54) is 11.1 Å². The van der Waals surface area contributed by atoms with Gasteiger partial charge in [-0.15, -0.1) is 5.92 Å². The van der Waals surface area contributed by atoms with Gasteiger partial charge in [-0.2, -0.15) is 0 Å². The van der Waals surface area contributed by atoms with Crippen molar-refractivity contribution in [3.63, 3.8) is 0 Å². The van der Waals surface area contributed by atoms with E-state index < -0.39 is 0 Å². The third-order valence-electron chi connectivity index (χ3n) is 1.84. The standard InChI is InChI=1S/C12H13IO/c1-4-5-6-14-12-10(3)7-9(2)8-11(12)13/h7-8H,6H2,1-3H3. The van der Waals surface area contributed by atoms with Gasteiger partial charge in [-0.3, -0.25) is 0 Å². The molecule has 0 unspecified atom stereocenters. The van der Waals surface area contributed by atoms with Gasteiger partial charge in [0.15, 0.2) is 0 Å². The number of rotatable bonds is 2. The fourth-order valence-corrected chi connectivity index (χ4v) is 2.34. The zero-order valence-corrected chi connectivity index (χ0v) is 10.8. The van der Waals surface area contributed by atoms with Crippen molar-refractivity contribution >= 4 is 22.6 Å². The SMILES string of the molecule is CC#CCOc1c(C)cc(C)cc1I. The average Bonchev–Trinajstić information content (AvgIpc) is 2.09. The maximum atomic E-state index is 5.58. The molecule has 0 aliphatic rings. The number of benzene rings is 1. The molecule has 0 amide bonds. The molecule has 1 rings (SSSR count). The highest BCUT2D eigenvalue weighted by Gasteiger charge is 2.04. The minimum Gasteiger partial charge on any atom is -0.480 e. The molecule has 0 heterocycles. The van der Waals surface area contributed by atoms with E-state index in [9.17, 15) is 0 Å². The molecule has 0 spiro atoms. The van der Waals surface area contributed by atoms with Gasteiger partial charge in [0.1, 0.15) is 12.4 Å². The van der Waals surface area contributed by atoms with Gasteiger partial charge < -0.3 is 4.74 Å².